The van der Waals surface area contributed by atoms with Crippen molar-refractivity contribution < 1.29 is 0 Å². The number of nitrogens with zero attached hydrogens (tertiary/aromatic N) is 3. The molecular formula is C24H30N4. The van der Waals surface area contributed by atoms with Gasteiger partial charge in [0.15, 0.2) is 0 Å². The summed E-state index contributed by atoms with van der Waals surface area (Å²) >= 11 is 0. The highest BCUT2D eigenvalue weighted by molar-refractivity contribution is 6.19. The van der Waals surface area contributed by atoms with Crippen LogP contribution in [-0.4, -0.2) is 20.5 Å². The van der Waals surface area contributed by atoms with Crippen molar-refractivity contribution in [1.29, 1.82) is 5.41 Å². The van der Waals surface area contributed by atoms with Gasteiger partial charge in [0.1, 0.15) is 0 Å². The van der Waals surface area contributed by atoms with Crippen LogP contribution in [0.25, 0.3) is 11.3 Å². The van der Waals surface area contributed by atoms with Crippen LogP contribution in [0.2, 0.25) is 0 Å². The van der Waals surface area contributed by atoms with E-state index in [4.69, 9.17) is 10.5 Å². The van der Waals surface area contributed by atoms with Crippen LogP contribution in [0, 0.1) is 25.2 Å². The molecule has 4 nitrogen and oxygen atoms in total. The van der Waals surface area contributed by atoms with Crippen molar-refractivity contribution in [2.45, 2.75) is 53.9 Å². The van der Waals surface area contributed by atoms with Crippen LogP contribution in [0.4, 0.5) is 0 Å². The summed E-state index contributed by atoms with van der Waals surface area (Å²) in [4.78, 5) is 4.44. The maximum atomic E-state index is 8.49. The van der Waals surface area contributed by atoms with E-state index < -0.39 is 0 Å². The summed E-state index contributed by atoms with van der Waals surface area (Å²) in [5.41, 5.74) is 7.86. The van der Waals surface area contributed by atoms with Crippen LogP contribution in [0.5, 0.6) is 0 Å². The molecule has 1 N–H and O–H groups in total. The van der Waals surface area contributed by atoms with Crippen LogP contribution in [0.3, 0.4) is 0 Å². The van der Waals surface area contributed by atoms with Gasteiger partial charge in [-0.25, -0.2) is 4.68 Å². The first-order valence-electron chi connectivity index (χ1n) is 10.1. The summed E-state index contributed by atoms with van der Waals surface area (Å²) in [5, 5.41) is 13.5. The number of pyridine rings is 1. The van der Waals surface area contributed by atoms with Gasteiger partial charge in [-0.2, -0.15) is 5.10 Å². The molecule has 0 saturated carbocycles. The largest absolute Gasteiger partial charge is 0.300 e. The Bertz CT molecular complexity index is 986. The number of nitrogens with one attached hydrogen (secondary N) is 1. The third-order valence-corrected chi connectivity index (χ3v) is 5.40. The Kier molecular flexibility index (Phi) is 5.78. The highest BCUT2D eigenvalue weighted by atomic mass is 15.3. The van der Waals surface area contributed by atoms with Crippen molar-refractivity contribution in [3.05, 3.63) is 70.9 Å². The Balaban J connectivity index is 2.24. The van der Waals surface area contributed by atoms with E-state index in [1.807, 2.05) is 36.0 Å². The minimum Gasteiger partial charge on any atom is -0.300 e. The van der Waals surface area contributed by atoms with Gasteiger partial charge in [0.2, 0.25) is 0 Å². The van der Waals surface area contributed by atoms with Crippen LogP contribution in [0.15, 0.2) is 48.2 Å². The lowest BCUT2D eigenvalue weighted by Gasteiger charge is -2.17. The normalized spacial score (nSPS) is 16.8. The molecule has 146 valence electrons. The fourth-order valence-corrected chi connectivity index (χ4v) is 3.69. The fraction of sp³-hybridized carbons (Fsp3) is 0.375. The number of aryl methyl sites for hydroxylation is 1. The van der Waals surface area contributed by atoms with E-state index in [-0.39, 0.29) is 0 Å². The second-order valence-corrected chi connectivity index (χ2v) is 7.84. The molecule has 2 heterocycles. The van der Waals surface area contributed by atoms with E-state index in [1.54, 1.807) is 0 Å². The van der Waals surface area contributed by atoms with Gasteiger partial charge in [0, 0.05) is 28.6 Å². The van der Waals surface area contributed by atoms with Gasteiger partial charge in [-0.05, 0) is 43.9 Å². The van der Waals surface area contributed by atoms with Gasteiger partial charge in [-0.3, -0.25) is 4.98 Å². The first-order chi connectivity index (χ1) is 13.3. The van der Waals surface area contributed by atoms with Crippen molar-refractivity contribution >= 4 is 11.3 Å². The molecule has 1 unspecified atom stereocenters. The van der Waals surface area contributed by atoms with E-state index in [1.165, 1.54) is 5.56 Å². The second kappa shape index (κ2) is 8.09. The number of hydrogen-bond acceptors (Lipinski definition) is 3. The number of rotatable bonds is 5. The van der Waals surface area contributed by atoms with Gasteiger partial charge in [0.25, 0.3) is 0 Å². The molecule has 0 spiro atoms. The first-order valence-corrected chi connectivity index (χ1v) is 10.1. The Labute approximate surface area is 168 Å². The molecule has 28 heavy (non-hydrogen) atoms. The molecule has 2 aromatic heterocycles. The van der Waals surface area contributed by atoms with E-state index in [2.05, 4.69) is 57.8 Å². The van der Waals surface area contributed by atoms with Crippen LogP contribution in [0.1, 0.15) is 62.7 Å². The molecular weight excluding hydrogens is 344 g/mol. The SMILES string of the molecule is CCC(C)/C=C1\C(=N)C=CC=C1c1nn(-c2cccnc2C)c(C)c1C(C)C. The summed E-state index contributed by atoms with van der Waals surface area (Å²) < 4.78 is 2.01. The average molecular weight is 375 g/mol. The van der Waals surface area contributed by atoms with Gasteiger partial charge in [-0.15, -0.1) is 0 Å². The topological polar surface area (TPSA) is 54.6 Å². The Morgan fingerprint density at radius 1 is 1.21 bits per heavy atom. The number of aromatic nitrogens is 3. The summed E-state index contributed by atoms with van der Waals surface area (Å²) in [6.45, 7) is 12.9. The lowest BCUT2D eigenvalue weighted by molar-refractivity contribution is 0.697. The molecule has 0 saturated heterocycles. The molecule has 2 aromatic rings. The standard InChI is InChI=1S/C24H30N4/c1-7-16(4)14-20-19(10-8-11-21(20)25)24-23(15(2)3)18(6)28(27-24)22-12-9-13-26-17(22)5/h8-16,25H,7H2,1-6H3/b20-14-,25-21?. The molecule has 0 amide bonds. The van der Waals surface area contributed by atoms with Crippen LogP contribution < -0.4 is 0 Å². The highest BCUT2D eigenvalue weighted by Gasteiger charge is 2.25. The summed E-state index contributed by atoms with van der Waals surface area (Å²) in [7, 11) is 0. The molecule has 0 radical (unpaired) electrons. The van der Waals surface area contributed by atoms with Crippen molar-refractivity contribution in [1.82, 2.24) is 14.8 Å². The Morgan fingerprint density at radius 3 is 2.61 bits per heavy atom. The highest BCUT2D eigenvalue weighted by Crippen LogP contribution is 2.36. The zero-order chi connectivity index (χ0) is 20.4. The molecule has 1 atom stereocenters. The minimum atomic E-state index is 0.326. The minimum absolute atomic E-state index is 0.326. The van der Waals surface area contributed by atoms with Crippen molar-refractivity contribution in [2.24, 2.45) is 5.92 Å². The predicted molar refractivity (Wildman–Crippen MR) is 117 cm³/mol. The third-order valence-electron chi connectivity index (χ3n) is 5.40. The molecule has 4 heteroatoms. The van der Waals surface area contributed by atoms with Crippen LogP contribution >= 0.6 is 0 Å². The Hall–Kier alpha value is -2.75. The second-order valence-electron chi connectivity index (χ2n) is 7.84. The van der Waals surface area contributed by atoms with E-state index in [0.29, 0.717) is 17.5 Å². The molecule has 3 rings (SSSR count). The quantitative estimate of drug-likeness (QED) is 0.703. The summed E-state index contributed by atoms with van der Waals surface area (Å²) in [5.74, 6) is 0.739. The number of allylic oxidation sites excluding steroid dienone is 6. The molecule has 0 aromatic carbocycles. The first kappa shape index (κ1) is 20.0. The molecule has 1 aliphatic carbocycles. The van der Waals surface area contributed by atoms with Crippen molar-refractivity contribution in [3.63, 3.8) is 0 Å². The smallest absolute Gasteiger partial charge is 0.0971 e. The maximum absolute atomic E-state index is 8.49. The molecule has 0 aliphatic heterocycles. The van der Waals surface area contributed by atoms with E-state index in [9.17, 15) is 0 Å². The monoisotopic (exact) mass is 374 g/mol. The van der Waals surface area contributed by atoms with Crippen LogP contribution in [-0.2, 0) is 0 Å². The van der Waals surface area contributed by atoms with Crippen molar-refractivity contribution in [3.8, 4) is 5.69 Å². The van der Waals surface area contributed by atoms with Gasteiger partial charge in [0.05, 0.1) is 22.8 Å². The van der Waals surface area contributed by atoms with Gasteiger partial charge < -0.3 is 5.41 Å². The predicted octanol–water partition coefficient (Wildman–Crippen LogP) is 5.95. The zero-order valence-corrected chi connectivity index (χ0v) is 17.7. The van der Waals surface area contributed by atoms with E-state index in [0.717, 1.165) is 40.3 Å². The fourth-order valence-electron chi connectivity index (χ4n) is 3.69. The van der Waals surface area contributed by atoms with Gasteiger partial charge in [-0.1, -0.05) is 52.3 Å². The maximum Gasteiger partial charge on any atom is 0.0971 e. The number of hydrogen-bond donors (Lipinski definition) is 1. The molecule has 0 bridgehead atoms. The van der Waals surface area contributed by atoms with E-state index >= 15 is 0 Å². The zero-order valence-electron chi connectivity index (χ0n) is 17.7. The lowest BCUT2D eigenvalue weighted by atomic mass is 9.87. The molecule has 0 fully saturated rings. The summed E-state index contributed by atoms with van der Waals surface area (Å²) in [6.07, 6.45) is 11.0. The average Bonchev–Trinajstić information content (AvgIpc) is 3.00. The Morgan fingerprint density at radius 2 is 1.96 bits per heavy atom. The summed E-state index contributed by atoms with van der Waals surface area (Å²) in [6, 6.07) is 4.01. The lowest BCUT2D eigenvalue weighted by Crippen LogP contribution is -2.09. The third kappa shape index (κ3) is 3.64. The molecule has 1 aliphatic rings. The van der Waals surface area contributed by atoms with Crippen molar-refractivity contribution in [2.75, 3.05) is 0 Å². The van der Waals surface area contributed by atoms with Gasteiger partial charge >= 0.3 is 0 Å².